The first-order valence-electron chi connectivity index (χ1n) is 10.2. The molecule has 8 nitrogen and oxygen atoms in total. The fourth-order valence-corrected chi connectivity index (χ4v) is 3.86. The summed E-state index contributed by atoms with van der Waals surface area (Å²) in [4.78, 5) is 22.4. The van der Waals surface area contributed by atoms with Crippen LogP contribution in [0.2, 0.25) is 0 Å². The van der Waals surface area contributed by atoms with Gasteiger partial charge in [-0.2, -0.15) is 13.2 Å². The summed E-state index contributed by atoms with van der Waals surface area (Å²) in [7, 11) is 0. The third-order valence-corrected chi connectivity index (χ3v) is 5.38. The number of ether oxygens (including phenoxy) is 1. The molecule has 0 radical (unpaired) electrons. The second kappa shape index (κ2) is 8.24. The van der Waals surface area contributed by atoms with Crippen LogP contribution in [0, 0.1) is 0 Å². The Hall–Kier alpha value is -3.86. The van der Waals surface area contributed by atoms with Crippen LogP contribution >= 0.6 is 0 Å². The number of amides is 2. The van der Waals surface area contributed by atoms with Crippen LogP contribution < -0.4 is 20.9 Å². The number of urea groups is 1. The Morgan fingerprint density at radius 1 is 1.03 bits per heavy atom. The van der Waals surface area contributed by atoms with E-state index in [0.29, 0.717) is 48.9 Å². The summed E-state index contributed by atoms with van der Waals surface area (Å²) >= 11 is 0. The fraction of sp³-hybridized carbons (Fsp3) is 0.227. The van der Waals surface area contributed by atoms with Gasteiger partial charge in [0.15, 0.2) is 0 Å². The molecule has 0 bridgehead atoms. The van der Waals surface area contributed by atoms with Crippen LogP contribution in [0.25, 0.3) is 11.3 Å². The van der Waals surface area contributed by atoms with Gasteiger partial charge in [0.05, 0.1) is 36.3 Å². The monoisotopic (exact) mass is 456 g/mol. The number of nitrogens with one attached hydrogen (secondary N) is 3. The van der Waals surface area contributed by atoms with Gasteiger partial charge in [0, 0.05) is 30.0 Å². The molecule has 11 heteroatoms. The van der Waals surface area contributed by atoms with Gasteiger partial charge in [0.1, 0.15) is 5.69 Å². The van der Waals surface area contributed by atoms with Crippen molar-refractivity contribution in [2.75, 3.05) is 47.2 Å². The maximum atomic E-state index is 13.8. The zero-order valence-electron chi connectivity index (χ0n) is 17.2. The van der Waals surface area contributed by atoms with Crippen molar-refractivity contribution in [3.63, 3.8) is 0 Å². The quantitative estimate of drug-likeness (QED) is 0.529. The third-order valence-electron chi connectivity index (χ3n) is 5.38. The van der Waals surface area contributed by atoms with Crippen molar-refractivity contribution >= 4 is 34.7 Å². The smallest absolute Gasteiger partial charge is 0.378 e. The number of alkyl halides is 3. The molecule has 0 aliphatic carbocycles. The zero-order chi connectivity index (χ0) is 23.0. The molecule has 170 valence electrons. The van der Waals surface area contributed by atoms with E-state index >= 15 is 0 Å². The highest BCUT2D eigenvalue weighted by Crippen LogP contribution is 2.39. The second-order valence-electron chi connectivity index (χ2n) is 7.53. The fourth-order valence-electron chi connectivity index (χ4n) is 3.86. The Labute approximate surface area is 186 Å². The maximum Gasteiger partial charge on any atom is 0.418 e. The molecule has 5 rings (SSSR count). The lowest BCUT2D eigenvalue weighted by molar-refractivity contribution is -0.137. The van der Waals surface area contributed by atoms with Crippen LogP contribution in [0.3, 0.4) is 0 Å². The number of halogens is 3. The minimum atomic E-state index is -4.53. The lowest BCUT2D eigenvalue weighted by atomic mass is 10.1. The van der Waals surface area contributed by atoms with Gasteiger partial charge in [-0.25, -0.2) is 14.8 Å². The Kier molecular flexibility index (Phi) is 5.25. The number of morpholine rings is 1. The summed E-state index contributed by atoms with van der Waals surface area (Å²) in [6.45, 7) is 1.55. The van der Waals surface area contributed by atoms with Gasteiger partial charge in [-0.05, 0) is 24.3 Å². The van der Waals surface area contributed by atoms with Gasteiger partial charge in [0.25, 0.3) is 0 Å². The van der Waals surface area contributed by atoms with Gasteiger partial charge in [-0.1, -0.05) is 18.2 Å². The van der Waals surface area contributed by atoms with Gasteiger partial charge in [0.2, 0.25) is 5.95 Å². The largest absolute Gasteiger partial charge is 0.418 e. The first-order valence-corrected chi connectivity index (χ1v) is 10.2. The molecule has 2 aliphatic rings. The summed E-state index contributed by atoms with van der Waals surface area (Å²) in [5.74, 6) is 0.104. The number of fused-ring (bicyclic) bond motifs is 3. The highest BCUT2D eigenvalue weighted by molar-refractivity contribution is 6.07. The summed E-state index contributed by atoms with van der Waals surface area (Å²) < 4.78 is 46.7. The van der Waals surface area contributed by atoms with Crippen LogP contribution in [-0.2, 0) is 10.9 Å². The normalized spacial score (nSPS) is 15.6. The second-order valence-corrected chi connectivity index (χ2v) is 7.53. The molecule has 3 aromatic rings. The number of rotatable bonds is 3. The standard InChI is InChI=1S/C22H19F3N6O2/c23-22(24,25)15-11-13(5-6-18(15)31-7-9-33-10-8-31)27-20-26-12-17-19(30-20)14-3-1-2-4-16(14)28-21(32)29-17/h1-6,11-12H,7-10H2,(H,26,27,30)(H2,28,29,32). The van der Waals surface area contributed by atoms with Crippen LogP contribution in [0.5, 0.6) is 0 Å². The van der Waals surface area contributed by atoms with Gasteiger partial charge >= 0.3 is 12.2 Å². The van der Waals surface area contributed by atoms with E-state index in [9.17, 15) is 18.0 Å². The predicted octanol–water partition coefficient (Wildman–Crippen LogP) is 4.70. The Morgan fingerprint density at radius 3 is 2.58 bits per heavy atom. The van der Waals surface area contributed by atoms with Crippen LogP contribution in [0.4, 0.5) is 46.7 Å². The number of carbonyl (C=O) groups is 1. The Bertz CT molecular complexity index is 1210. The Morgan fingerprint density at radius 2 is 1.79 bits per heavy atom. The van der Waals surface area contributed by atoms with E-state index < -0.39 is 17.8 Å². The summed E-state index contributed by atoms with van der Waals surface area (Å²) in [5.41, 5.74) is 1.63. The van der Waals surface area contributed by atoms with E-state index in [2.05, 4.69) is 25.9 Å². The minimum absolute atomic E-state index is 0.104. The molecule has 3 N–H and O–H groups in total. The number of para-hydroxylation sites is 1. The number of aromatic nitrogens is 2. The molecule has 2 amide bonds. The summed E-state index contributed by atoms with van der Waals surface area (Å²) in [5, 5.41) is 8.25. The first-order chi connectivity index (χ1) is 15.9. The number of carbonyl (C=O) groups excluding carboxylic acids is 1. The Balaban J connectivity index is 1.49. The molecular weight excluding hydrogens is 437 g/mol. The van der Waals surface area contributed by atoms with Crippen molar-refractivity contribution in [2.24, 2.45) is 0 Å². The molecule has 1 saturated heterocycles. The van der Waals surface area contributed by atoms with Crippen LogP contribution in [0.1, 0.15) is 5.56 Å². The average molecular weight is 456 g/mol. The molecule has 1 aromatic heterocycles. The summed E-state index contributed by atoms with van der Waals surface area (Å²) in [6.07, 6.45) is -3.12. The van der Waals surface area contributed by atoms with E-state index in [-0.39, 0.29) is 17.3 Å². The predicted molar refractivity (Wildman–Crippen MR) is 118 cm³/mol. The van der Waals surface area contributed by atoms with Crippen LogP contribution in [-0.4, -0.2) is 42.3 Å². The van der Waals surface area contributed by atoms with E-state index in [1.807, 2.05) is 0 Å². The van der Waals surface area contributed by atoms with Gasteiger partial charge < -0.3 is 25.6 Å². The van der Waals surface area contributed by atoms with Gasteiger partial charge in [-0.3, -0.25) is 0 Å². The van der Waals surface area contributed by atoms with Crippen molar-refractivity contribution in [1.29, 1.82) is 0 Å². The molecule has 33 heavy (non-hydrogen) atoms. The molecule has 0 spiro atoms. The third kappa shape index (κ3) is 4.27. The first kappa shape index (κ1) is 21.0. The summed E-state index contributed by atoms with van der Waals surface area (Å²) in [6, 6.07) is 10.7. The molecular formula is C22H19F3N6O2. The molecule has 1 fully saturated rings. The topological polar surface area (TPSA) is 91.4 Å². The molecule has 2 aromatic carbocycles. The highest BCUT2D eigenvalue weighted by atomic mass is 19.4. The number of benzene rings is 2. The number of nitrogens with zero attached hydrogens (tertiary/aromatic N) is 3. The molecule has 2 aliphatic heterocycles. The minimum Gasteiger partial charge on any atom is -0.378 e. The van der Waals surface area contributed by atoms with E-state index in [4.69, 9.17) is 4.74 Å². The van der Waals surface area contributed by atoms with E-state index in [1.165, 1.54) is 12.3 Å². The van der Waals surface area contributed by atoms with Crippen molar-refractivity contribution < 1.29 is 22.7 Å². The van der Waals surface area contributed by atoms with Crippen molar-refractivity contribution in [3.05, 3.63) is 54.2 Å². The highest BCUT2D eigenvalue weighted by Gasteiger charge is 2.35. The van der Waals surface area contributed by atoms with Crippen LogP contribution in [0.15, 0.2) is 48.7 Å². The SMILES string of the molecule is O=C1Nc2ccccc2-c2nc(Nc3ccc(N4CCOCC4)c(C(F)(F)F)c3)ncc2N1. The molecule has 0 unspecified atom stereocenters. The van der Waals surface area contributed by atoms with Crippen molar-refractivity contribution in [3.8, 4) is 11.3 Å². The van der Waals surface area contributed by atoms with E-state index in [1.54, 1.807) is 35.2 Å². The van der Waals surface area contributed by atoms with Crippen molar-refractivity contribution in [2.45, 2.75) is 6.18 Å². The average Bonchev–Trinajstić information content (AvgIpc) is 2.94. The lowest BCUT2D eigenvalue weighted by Crippen LogP contribution is -2.37. The molecule has 3 heterocycles. The van der Waals surface area contributed by atoms with Gasteiger partial charge in [-0.15, -0.1) is 0 Å². The number of hydrogen-bond donors (Lipinski definition) is 3. The number of anilines is 5. The van der Waals surface area contributed by atoms with E-state index in [0.717, 1.165) is 6.07 Å². The number of hydrogen-bond acceptors (Lipinski definition) is 6. The van der Waals surface area contributed by atoms with Crippen molar-refractivity contribution in [1.82, 2.24) is 9.97 Å². The maximum absolute atomic E-state index is 13.8. The molecule has 0 saturated carbocycles. The molecule has 0 atom stereocenters. The zero-order valence-corrected chi connectivity index (χ0v) is 17.2. The lowest BCUT2D eigenvalue weighted by Gasteiger charge is -2.31.